The molecule has 2 heterocycles. The van der Waals surface area contributed by atoms with Crippen LogP contribution in [-0.2, 0) is 6.42 Å². The lowest BCUT2D eigenvalue weighted by Crippen LogP contribution is -1.88. The highest BCUT2D eigenvalue weighted by molar-refractivity contribution is 5.75. The van der Waals surface area contributed by atoms with Crippen LogP contribution in [0.4, 0.5) is 0 Å². The molecule has 4 rings (SSSR count). The van der Waals surface area contributed by atoms with E-state index in [2.05, 4.69) is 27.8 Å². The summed E-state index contributed by atoms with van der Waals surface area (Å²) < 4.78 is 7.94. The first kappa shape index (κ1) is 12.0. The van der Waals surface area contributed by atoms with Gasteiger partial charge in [-0.2, -0.15) is 0 Å². The topological polar surface area (TPSA) is 31.0 Å². The summed E-state index contributed by atoms with van der Waals surface area (Å²) in [4.78, 5) is 4.55. The van der Waals surface area contributed by atoms with Gasteiger partial charge in [0.2, 0.25) is 0 Å². The van der Waals surface area contributed by atoms with E-state index in [9.17, 15) is 0 Å². The molecule has 0 aliphatic rings. The van der Waals surface area contributed by atoms with Gasteiger partial charge in [0.25, 0.3) is 0 Å². The molecule has 0 saturated carbocycles. The molecule has 0 N–H and O–H groups in total. The molecule has 3 nitrogen and oxygen atoms in total. The van der Waals surface area contributed by atoms with Crippen molar-refractivity contribution in [3.63, 3.8) is 0 Å². The first-order chi connectivity index (χ1) is 10.4. The minimum atomic E-state index is 0.717. The molecule has 0 unspecified atom stereocenters. The van der Waals surface area contributed by atoms with Crippen molar-refractivity contribution < 1.29 is 4.42 Å². The molecule has 0 saturated heterocycles. The van der Waals surface area contributed by atoms with E-state index in [1.165, 1.54) is 5.56 Å². The zero-order valence-corrected chi connectivity index (χ0v) is 11.4. The van der Waals surface area contributed by atoms with Crippen LogP contribution >= 0.6 is 0 Å². The van der Waals surface area contributed by atoms with Gasteiger partial charge in [-0.15, -0.1) is 0 Å². The van der Waals surface area contributed by atoms with Crippen molar-refractivity contribution in [2.75, 3.05) is 0 Å². The van der Waals surface area contributed by atoms with Crippen LogP contribution in [0.1, 0.15) is 11.5 Å². The second-order valence-electron chi connectivity index (χ2n) is 5.01. The predicted octanol–water partition coefficient (Wildman–Crippen LogP) is 4.21. The summed E-state index contributed by atoms with van der Waals surface area (Å²) in [5.41, 5.74) is 4.01. The van der Waals surface area contributed by atoms with Crippen molar-refractivity contribution >= 4 is 11.1 Å². The van der Waals surface area contributed by atoms with Gasteiger partial charge in [-0.05, 0) is 29.8 Å². The number of hydrogen-bond donors (Lipinski definition) is 0. The maximum Gasteiger partial charge on any atom is 0.199 e. The standard InChI is InChI=1S/C18H14N2O/c1-2-6-14(7-3-1)12-18-19-16-9-8-15(13-17(16)21-18)20-10-4-5-11-20/h1-11,13H,12H2. The number of nitrogens with zero attached hydrogens (tertiary/aromatic N) is 2. The van der Waals surface area contributed by atoms with Gasteiger partial charge in [0.1, 0.15) is 5.52 Å². The second kappa shape index (κ2) is 4.94. The van der Waals surface area contributed by atoms with E-state index in [1.54, 1.807) is 0 Å². The molecule has 102 valence electrons. The van der Waals surface area contributed by atoms with Crippen LogP contribution < -0.4 is 0 Å². The SMILES string of the molecule is c1ccc(Cc2nc3ccc(-n4cccc4)cc3o2)cc1. The Labute approximate surface area is 122 Å². The largest absolute Gasteiger partial charge is 0.440 e. The van der Waals surface area contributed by atoms with Gasteiger partial charge >= 0.3 is 0 Å². The summed E-state index contributed by atoms with van der Waals surface area (Å²) in [7, 11) is 0. The molecule has 0 fully saturated rings. The molecule has 0 spiro atoms. The Balaban J connectivity index is 1.70. The Morgan fingerprint density at radius 3 is 2.52 bits per heavy atom. The maximum atomic E-state index is 5.89. The van der Waals surface area contributed by atoms with Crippen molar-refractivity contribution in [1.82, 2.24) is 9.55 Å². The number of aromatic nitrogens is 2. The van der Waals surface area contributed by atoms with E-state index < -0.39 is 0 Å². The highest BCUT2D eigenvalue weighted by Crippen LogP contribution is 2.21. The monoisotopic (exact) mass is 274 g/mol. The number of rotatable bonds is 3. The average Bonchev–Trinajstić information content (AvgIpc) is 3.16. The Morgan fingerprint density at radius 1 is 0.905 bits per heavy atom. The van der Waals surface area contributed by atoms with Crippen LogP contribution in [0, 0.1) is 0 Å². The molecule has 3 heteroatoms. The molecule has 0 atom stereocenters. The molecule has 0 radical (unpaired) electrons. The van der Waals surface area contributed by atoms with E-state index in [-0.39, 0.29) is 0 Å². The summed E-state index contributed by atoms with van der Waals surface area (Å²) in [5.74, 6) is 0.751. The molecule has 2 aromatic carbocycles. The predicted molar refractivity (Wildman–Crippen MR) is 82.6 cm³/mol. The Kier molecular flexibility index (Phi) is 2.82. The first-order valence-corrected chi connectivity index (χ1v) is 6.95. The van der Waals surface area contributed by atoms with Gasteiger partial charge in [-0.3, -0.25) is 0 Å². The summed E-state index contributed by atoms with van der Waals surface area (Å²) in [5, 5.41) is 0. The Bertz CT molecular complexity index is 861. The zero-order chi connectivity index (χ0) is 14.1. The maximum absolute atomic E-state index is 5.89. The molecule has 21 heavy (non-hydrogen) atoms. The van der Waals surface area contributed by atoms with Crippen LogP contribution in [0.25, 0.3) is 16.8 Å². The molecular weight excluding hydrogens is 260 g/mol. The highest BCUT2D eigenvalue weighted by Gasteiger charge is 2.07. The normalized spacial score (nSPS) is 11.0. The van der Waals surface area contributed by atoms with E-state index >= 15 is 0 Å². The van der Waals surface area contributed by atoms with E-state index in [4.69, 9.17) is 4.42 Å². The molecule has 0 amide bonds. The summed E-state index contributed by atoms with van der Waals surface area (Å²) in [6.07, 6.45) is 4.75. The minimum Gasteiger partial charge on any atom is -0.440 e. The number of benzene rings is 2. The molecule has 2 aromatic heterocycles. The number of hydrogen-bond acceptors (Lipinski definition) is 2. The van der Waals surface area contributed by atoms with Crippen LogP contribution in [0.15, 0.2) is 77.5 Å². The van der Waals surface area contributed by atoms with Gasteiger partial charge in [0.15, 0.2) is 11.5 Å². The van der Waals surface area contributed by atoms with Crippen LogP contribution in [0.3, 0.4) is 0 Å². The lowest BCUT2D eigenvalue weighted by molar-refractivity contribution is 0.544. The van der Waals surface area contributed by atoms with Crippen molar-refractivity contribution in [3.8, 4) is 5.69 Å². The van der Waals surface area contributed by atoms with E-state index in [0.29, 0.717) is 6.42 Å². The van der Waals surface area contributed by atoms with Crippen molar-refractivity contribution in [2.24, 2.45) is 0 Å². The zero-order valence-electron chi connectivity index (χ0n) is 11.4. The summed E-state index contributed by atoms with van der Waals surface area (Å²) in [6.45, 7) is 0. The van der Waals surface area contributed by atoms with Gasteiger partial charge < -0.3 is 8.98 Å². The van der Waals surface area contributed by atoms with Crippen molar-refractivity contribution in [2.45, 2.75) is 6.42 Å². The fourth-order valence-electron chi connectivity index (χ4n) is 2.47. The third-order valence-electron chi connectivity index (χ3n) is 3.52. The molecule has 0 aliphatic carbocycles. The lowest BCUT2D eigenvalue weighted by Gasteiger charge is -2.00. The number of oxazole rings is 1. The summed E-state index contributed by atoms with van der Waals surface area (Å²) >= 11 is 0. The van der Waals surface area contributed by atoms with Crippen LogP contribution in [0.2, 0.25) is 0 Å². The molecule has 4 aromatic rings. The Hall–Kier alpha value is -2.81. The van der Waals surface area contributed by atoms with Gasteiger partial charge in [-0.1, -0.05) is 30.3 Å². The molecule has 0 bridgehead atoms. The Morgan fingerprint density at radius 2 is 1.71 bits per heavy atom. The van der Waals surface area contributed by atoms with Crippen molar-refractivity contribution in [3.05, 3.63) is 84.5 Å². The third-order valence-corrected chi connectivity index (χ3v) is 3.52. The number of fused-ring (bicyclic) bond motifs is 1. The van der Waals surface area contributed by atoms with Crippen LogP contribution in [0.5, 0.6) is 0 Å². The summed E-state index contributed by atoms with van der Waals surface area (Å²) in [6, 6.07) is 20.3. The van der Waals surface area contributed by atoms with Gasteiger partial charge in [0, 0.05) is 30.6 Å². The quantitative estimate of drug-likeness (QED) is 0.560. The van der Waals surface area contributed by atoms with Gasteiger partial charge in [-0.25, -0.2) is 4.98 Å². The van der Waals surface area contributed by atoms with Crippen molar-refractivity contribution in [1.29, 1.82) is 0 Å². The second-order valence-corrected chi connectivity index (χ2v) is 5.01. The third kappa shape index (κ3) is 2.34. The molecule has 0 aliphatic heterocycles. The van der Waals surface area contributed by atoms with E-state index in [0.717, 1.165) is 22.7 Å². The lowest BCUT2D eigenvalue weighted by atomic mass is 10.1. The van der Waals surface area contributed by atoms with Crippen LogP contribution in [-0.4, -0.2) is 9.55 Å². The molecular formula is C18H14N2O. The highest BCUT2D eigenvalue weighted by atomic mass is 16.3. The first-order valence-electron chi connectivity index (χ1n) is 6.95. The average molecular weight is 274 g/mol. The smallest absolute Gasteiger partial charge is 0.199 e. The van der Waals surface area contributed by atoms with E-state index in [1.807, 2.05) is 54.9 Å². The minimum absolute atomic E-state index is 0.717. The van der Waals surface area contributed by atoms with Gasteiger partial charge in [0.05, 0.1) is 0 Å². The fraction of sp³-hybridized carbons (Fsp3) is 0.0556. The fourth-order valence-corrected chi connectivity index (χ4v) is 2.47.